The van der Waals surface area contributed by atoms with Gasteiger partial charge in [0.1, 0.15) is 0 Å². The first kappa shape index (κ1) is 12.8. The van der Waals surface area contributed by atoms with Crippen LogP contribution in [0.15, 0.2) is 60.9 Å². The van der Waals surface area contributed by atoms with Gasteiger partial charge in [0.25, 0.3) is 0 Å². The fourth-order valence-electron chi connectivity index (χ4n) is 2.12. The molecule has 0 aliphatic heterocycles. The van der Waals surface area contributed by atoms with E-state index in [2.05, 4.69) is 5.10 Å². The molecule has 0 aliphatic rings. The lowest BCUT2D eigenvalue weighted by Crippen LogP contribution is -2.00. The fourth-order valence-corrected chi connectivity index (χ4v) is 2.31. The summed E-state index contributed by atoms with van der Waals surface area (Å²) in [6.07, 6.45) is 3.84. The van der Waals surface area contributed by atoms with Gasteiger partial charge >= 0.3 is 0 Å². The molecule has 0 saturated carbocycles. The summed E-state index contributed by atoms with van der Waals surface area (Å²) in [5, 5.41) is 5.13. The van der Waals surface area contributed by atoms with Gasteiger partial charge in [-0.2, -0.15) is 5.10 Å². The highest BCUT2D eigenvalue weighted by Gasteiger charge is 2.04. The summed E-state index contributed by atoms with van der Waals surface area (Å²) in [5.74, 6) is 0. The summed E-state index contributed by atoms with van der Waals surface area (Å²) in [6, 6.07) is 15.6. The van der Waals surface area contributed by atoms with Gasteiger partial charge in [0.05, 0.1) is 12.7 Å². The van der Waals surface area contributed by atoms with Crippen molar-refractivity contribution in [3.05, 3.63) is 71.5 Å². The molecule has 0 spiro atoms. The van der Waals surface area contributed by atoms with E-state index in [-0.39, 0.29) is 0 Å². The van der Waals surface area contributed by atoms with Gasteiger partial charge in [-0.25, -0.2) is 0 Å². The minimum Gasteiger partial charge on any atom is -0.399 e. The summed E-state index contributed by atoms with van der Waals surface area (Å²) in [6.45, 7) is 0.655. The number of hydrogen-bond donors (Lipinski definition) is 1. The summed E-state index contributed by atoms with van der Waals surface area (Å²) in [4.78, 5) is 0. The van der Waals surface area contributed by atoms with E-state index in [1.807, 2.05) is 65.6 Å². The van der Waals surface area contributed by atoms with Crippen molar-refractivity contribution in [1.82, 2.24) is 9.78 Å². The van der Waals surface area contributed by atoms with E-state index in [1.165, 1.54) is 0 Å². The maximum Gasteiger partial charge on any atom is 0.0674 e. The largest absolute Gasteiger partial charge is 0.399 e. The number of hydrogen-bond acceptors (Lipinski definition) is 2. The molecule has 3 rings (SSSR count). The lowest BCUT2D eigenvalue weighted by molar-refractivity contribution is 0.687. The molecule has 20 heavy (non-hydrogen) atoms. The Labute approximate surface area is 122 Å². The minimum atomic E-state index is 0.655. The predicted octanol–water partition coefficient (Wildman–Crippen LogP) is 3.83. The van der Waals surface area contributed by atoms with Crippen molar-refractivity contribution in [3.8, 4) is 11.1 Å². The molecule has 0 atom stereocenters. The molecule has 3 aromatic rings. The number of anilines is 1. The topological polar surface area (TPSA) is 43.8 Å². The van der Waals surface area contributed by atoms with Gasteiger partial charge in [0, 0.05) is 22.5 Å². The lowest BCUT2D eigenvalue weighted by Gasteiger charge is -2.04. The Morgan fingerprint density at radius 1 is 1.05 bits per heavy atom. The highest BCUT2D eigenvalue weighted by Crippen LogP contribution is 2.22. The molecule has 0 fully saturated rings. The molecule has 0 radical (unpaired) electrons. The van der Waals surface area contributed by atoms with E-state index >= 15 is 0 Å². The third-order valence-corrected chi connectivity index (χ3v) is 3.51. The SMILES string of the molecule is Nc1cccc(-c2cnn(Cc3ccccc3Cl)c2)c1. The molecule has 4 heteroatoms. The number of halogens is 1. The van der Waals surface area contributed by atoms with Gasteiger partial charge < -0.3 is 5.73 Å². The average molecular weight is 284 g/mol. The van der Waals surface area contributed by atoms with Crippen LogP contribution in [0, 0.1) is 0 Å². The van der Waals surface area contributed by atoms with Crippen molar-refractivity contribution >= 4 is 17.3 Å². The van der Waals surface area contributed by atoms with Gasteiger partial charge in [-0.1, -0.05) is 41.9 Å². The first-order valence-electron chi connectivity index (χ1n) is 6.34. The zero-order chi connectivity index (χ0) is 13.9. The fraction of sp³-hybridized carbons (Fsp3) is 0.0625. The molecular weight excluding hydrogens is 270 g/mol. The number of rotatable bonds is 3. The second kappa shape index (κ2) is 5.39. The van der Waals surface area contributed by atoms with Crippen LogP contribution >= 0.6 is 11.6 Å². The highest BCUT2D eigenvalue weighted by atomic mass is 35.5. The molecule has 0 bridgehead atoms. The summed E-state index contributed by atoms with van der Waals surface area (Å²) < 4.78 is 1.87. The molecule has 0 amide bonds. The van der Waals surface area contributed by atoms with E-state index in [0.29, 0.717) is 6.54 Å². The van der Waals surface area contributed by atoms with Crippen molar-refractivity contribution in [2.45, 2.75) is 6.54 Å². The molecule has 1 aromatic heterocycles. The van der Waals surface area contributed by atoms with Gasteiger partial charge in [-0.05, 0) is 29.3 Å². The van der Waals surface area contributed by atoms with E-state index < -0.39 is 0 Å². The van der Waals surface area contributed by atoms with Crippen LogP contribution in [0.1, 0.15) is 5.56 Å². The molecular formula is C16H14ClN3. The van der Waals surface area contributed by atoms with Crippen molar-refractivity contribution in [2.24, 2.45) is 0 Å². The standard InChI is InChI=1S/C16H14ClN3/c17-16-7-2-1-4-13(16)10-20-11-14(9-19-20)12-5-3-6-15(18)8-12/h1-9,11H,10,18H2. The maximum atomic E-state index is 6.16. The minimum absolute atomic E-state index is 0.655. The quantitative estimate of drug-likeness (QED) is 0.742. The number of nitrogens with zero attached hydrogens (tertiary/aromatic N) is 2. The highest BCUT2D eigenvalue weighted by molar-refractivity contribution is 6.31. The van der Waals surface area contributed by atoms with E-state index in [0.717, 1.165) is 27.4 Å². The van der Waals surface area contributed by atoms with Crippen molar-refractivity contribution in [3.63, 3.8) is 0 Å². The summed E-state index contributed by atoms with van der Waals surface area (Å²) in [7, 11) is 0. The Morgan fingerprint density at radius 2 is 1.90 bits per heavy atom. The molecule has 2 N–H and O–H groups in total. The van der Waals surface area contributed by atoms with E-state index in [1.54, 1.807) is 0 Å². The van der Waals surface area contributed by atoms with Gasteiger partial charge in [-0.3, -0.25) is 4.68 Å². The van der Waals surface area contributed by atoms with Gasteiger partial charge in [0.2, 0.25) is 0 Å². The van der Waals surface area contributed by atoms with Crippen LogP contribution in [-0.4, -0.2) is 9.78 Å². The molecule has 1 heterocycles. The Bertz CT molecular complexity index is 734. The molecule has 0 aliphatic carbocycles. The number of aromatic nitrogens is 2. The molecule has 100 valence electrons. The number of nitrogen functional groups attached to an aromatic ring is 1. The smallest absolute Gasteiger partial charge is 0.0674 e. The van der Waals surface area contributed by atoms with Crippen LogP contribution in [-0.2, 0) is 6.54 Å². The van der Waals surface area contributed by atoms with Crippen LogP contribution in [0.5, 0.6) is 0 Å². The Hall–Kier alpha value is -2.26. The molecule has 0 saturated heterocycles. The van der Waals surface area contributed by atoms with E-state index in [4.69, 9.17) is 17.3 Å². The van der Waals surface area contributed by atoms with E-state index in [9.17, 15) is 0 Å². The van der Waals surface area contributed by atoms with Crippen molar-refractivity contribution in [1.29, 1.82) is 0 Å². The van der Waals surface area contributed by atoms with Crippen molar-refractivity contribution < 1.29 is 0 Å². The third-order valence-electron chi connectivity index (χ3n) is 3.14. The zero-order valence-corrected chi connectivity index (χ0v) is 11.6. The van der Waals surface area contributed by atoms with Crippen molar-refractivity contribution in [2.75, 3.05) is 5.73 Å². The van der Waals surface area contributed by atoms with Crippen LogP contribution < -0.4 is 5.73 Å². The Kier molecular flexibility index (Phi) is 3.44. The van der Waals surface area contributed by atoms with Crippen LogP contribution in [0.4, 0.5) is 5.69 Å². The Balaban J connectivity index is 1.86. The monoisotopic (exact) mass is 283 g/mol. The van der Waals surface area contributed by atoms with Crippen LogP contribution in [0.3, 0.4) is 0 Å². The second-order valence-electron chi connectivity index (χ2n) is 4.64. The molecule has 3 nitrogen and oxygen atoms in total. The molecule has 0 unspecified atom stereocenters. The summed E-state index contributed by atoms with van der Waals surface area (Å²) >= 11 is 6.16. The number of nitrogens with two attached hydrogens (primary N) is 1. The van der Waals surface area contributed by atoms with Gasteiger partial charge in [0.15, 0.2) is 0 Å². The maximum absolute atomic E-state index is 6.16. The third kappa shape index (κ3) is 2.68. The van der Waals surface area contributed by atoms with Gasteiger partial charge in [-0.15, -0.1) is 0 Å². The predicted molar refractivity (Wildman–Crippen MR) is 82.6 cm³/mol. The lowest BCUT2D eigenvalue weighted by atomic mass is 10.1. The number of benzene rings is 2. The zero-order valence-electron chi connectivity index (χ0n) is 10.8. The summed E-state index contributed by atoms with van der Waals surface area (Å²) in [5.41, 5.74) is 9.72. The molecule has 2 aromatic carbocycles. The first-order valence-corrected chi connectivity index (χ1v) is 6.72. The van der Waals surface area contributed by atoms with Crippen LogP contribution in [0.2, 0.25) is 5.02 Å². The second-order valence-corrected chi connectivity index (χ2v) is 5.05. The Morgan fingerprint density at radius 3 is 2.70 bits per heavy atom. The average Bonchev–Trinajstić information content (AvgIpc) is 2.90. The first-order chi connectivity index (χ1) is 9.72. The normalized spacial score (nSPS) is 10.7. The van der Waals surface area contributed by atoms with Crippen LogP contribution in [0.25, 0.3) is 11.1 Å².